The van der Waals surface area contributed by atoms with Crippen LogP contribution >= 0.6 is 0 Å². The molecule has 1 fully saturated rings. The first-order chi connectivity index (χ1) is 2.89. The summed E-state index contributed by atoms with van der Waals surface area (Å²) in [6.45, 7) is 4.40. The Bertz CT molecular complexity index is 30.5. The number of aliphatic hydroxyl groups excluding tert-OH is 1. The van der Waals surface area contributed by atoms with E-state index in [1.54, 1.807) is 0 Å². The van der Waals surface area contributed by atoms with Gasteiger partial charge in [-0.1, -0.05) is 0 Å². The summed E-state index contributed by atoms with van der Waals surface area (Å²) in [5.74, 6) is 0. The van der Waals surface area contributed by atoms with Crippen LogP contribution < -0.4 is 0 Å². The average molecular weight is 196 g/mol. The molecule has 0 aliphatic carbocycles. The maximum Gasteiger partial charge on any atom is 0.0414 e. The number of epoxide rings is 1. The number of hydrogen-bond acceptors (Lipinski definition) is 2. The SMILES string of the molecule is CO.O.[CH2-]C1CO1.[Y]. The Hall–Kier alpha value is 0.984. The van der Waals surface area contributed by atoms with E-state index < -0.39 is 0 Å². The monoisotopic (exact) mass is 196 g/mol. The van der Waals surface area contributed by atoms with Crippen LogP contribution in [0.2, 0.25) is 0 Å². The van der Waals surface area contributed by atoms with Gasteiger partial charge in [0.25, 0.3) is 0 Å². The van der Waals surface area contributed by atoms with Crippen molar-refractivity contribution in [3.05, 3.63) is 6.92 Å². The predicted octanol–water partition coefficient (Wildman–Crippen LogP) is -0.999. The minimum Gasteiger partial charge on any atom is -0.412 e. The molecular weight excluding hydrogens is 185 g/mol. The second kappa shape index (κ2) is 10.9. The Morgan fingerprint density at radius 3 is 1.75 bits per heavy atom. The molecule has 8 heavy (non-hydrogen) atoms. The molecule has 1 radical (unpaired) electrons. The van der Waals surface area contributed by atoms with Gasteiger partial charge in [0.05, 0.1) is 0 Å². The summed E-state index contributed by atoms with van der Waals surface area (Å²) in [6, 6.07) is 0. The van der Waals surface area contributed by atoms with Crippen molar-refractivity contribution >= 4 is 0 Å². The van der Waals surface area contributed by atoms with Crippen molar-refractivity contribution < 1.29 is 48.0 Å². The van der Waals surface area contributed by atoms with Crippen LogP contribution in [0.3, 0.4) is 0 Å². The van der Waals surface area contributed by atoms with Crippen LogP contribution in [0.1, 0.15) is 0 Å². The molecule has 1 unspecified atom stereocenters. The topological polar surface area (TPSA) is 64.3 Å². The van der Waals surface area contributed by atoms with Crippen LogP contribution in [0.25, 0.3) is 0 Å². The predicted molar refractivity (Wildman–Crippen MR) is 26.9 cm³/mol. The Morgan fingerprint density at radius 2 is 1.75 bits per heavy atom. The zero-order valence-electron chi connectivity index (χ0n) is 4.92. The van der Waals surface area contributed by atoms with Gasteiger partial charge in [-0.2, -0.15) is 0 Å². The number of hydrogen-bond donors (Lipinski definition) is 1. The molecule has 0 bridgehead atoms. The summed E-state index contributed by atoms with van der Waals surface area (Å²) >= 11 is 0. The minimum absolute atomic E-state index is 0. The fourth-order valence-corrected chi connectivity index (χ4v) is 0.0680. The molecule has 3 nitrogen and oxygen atoms in total. The van der Waals surface area contributed by atoms with E-state index in [0.717, 1.165) is 13.7 Å². The quantitative estimate of drug-likeness (QED) is 0.399. The fraction of sp³-hybridized carbons (Fsp3) is 0.750. The molecule has 0 saturated carbocycles. The molecule has 0 aromatic carbocycles. The largest absolute Gasteiger partial charge is 0.412 e. The van der Waals surface area contributed by atoms with Gasteiger partial charge in [-0.3, -0.25) is 0 Å². The second-order valence-electron chi connectivity index (χ2n) is 0.955. The zero-order chi connectivity index (χ0) is 4.99. The second-order valence-corrected chi connectivity index (χ2v) is 0.955. The molecule has 1 atom stereocenters. The molecule has 0 aromatic heterocycles. The van der Waals surface area contributed by atoms with Gasteiger partial charge >= 0.3 is 0 Å². The summed E-state index contributed by atoms with van der Waals surface area (Å²) < 4.78 is 4.60. The fourth-order valence-electron chi connectivity index (χ4n) is 0.0680. The van der Waals surface area contributed by atoms with E-state index in [1.165, 1.54) is 0 Å². The van der Waals surface area contributed by atoms with Crippen molar-refractivity contribution in [2.75, 3.05) is 13.7 Å². The van der Waals surface area contributed by atoms with Gasteiger partial charge in [-0.05, 0) is 6.10 Å². The van der Waals surface area contributed by atoms with Crippen molar-refractivity contribution in [2.45, 2.75) is 6.10 Å². The van der Waals surface area contributed by atoms with Gasteiger partial charge in [0.1, 0.15) is 0 Å². The van der Waals surface area contributed by atoms with E-state index in [0.29, 0.717) is 6.10 Å². The van der Waals surface area contributed by atoms with E-state index in [9.17, 15) is 0 Å². The maximum atomic E-state index is 7.00. The summed E-state index contributed by atoms with van der Waals surface area (Å²) in [5, 5.41) is 7.00. The average Bonchev–Trinajstić information content (AvgIpc) is 2.30. The van der Waals surface area contributed by atoms with Crippen molar-refractivity contribution in [3.63, 3.8) is 0 Å². The zero-order valence-corrected chi connectivity index (χ0v) is 7.76. The van der Waals surface area contributed by atoms with Crippen LogP contribution in [-0.4, -0.2) is 30.4 Å². The molecule has 4 heteroatoms. The minimum atomic E-state index is 0. The van der Waals surface area contributed by atoms with E-state index in [1.807, 2.05) is 0 Å². The van der Waals surface area contributed by atoms with Crippen molar-refractivity contribution in [3.8, 4) is 0 Å². The molecule has 49 valence electrons. The number of ether oxygens (including phenoxy) is 1. The molecule has 0 spiro atoms. The third-order valence-electron chi connectivity index (χ3n) is 0.402. The molecule has 3 N–H and O–H groups in total. The van der Waals surface area contributed by atoms with E-state index in [4.69, 9.17) is 5.11 Å². The Labute approximate surface area is 74.6 Å². The first-order valence-electron chi connectivity index (χ1n) is 1.79. The van der Waals surface area contributed by atoms with Gasteiger partial charge < -0.3 is 22.2 Å². The molecule has 1 saturated heterocycles. The first kappa shape index (κ1) is 16.0. The van der Waals surface area contributed by atoms with Crippen LogP contribution in [0.5, 0.6) is 0 Å². The Balaban J connectivity index is -0.0000000583. The van der Waals surface area contributed by atoms with Gasteiger partial charge in [-0.25, -0.2) is 0 Å². The summed E-state index contributed by atoms with van der Waals surface area (Å²) in [5.41, 5.74) is 0. The maximum absolute atomic E-state index is 7.00. The summed E-state index contributed by atoms with van der Waals surface area (Å²) in [6.07, 6.45) is 0.333. The van der Waals surface area contributed by atoms with Gasteiger partial charge in [0, 0.05) is 46.4 Å². The van der Waals surface area contributed by atoms with Gasteiger partial charge in [0.2, 0.25) is 0 Å². The molecule has 0 aromatic rings. The van der Waals surface area contributed by atoms with Crippen LogP contribution in [0, 0.1) is 6.92 Å². The van der Waals surface area contributed by atoms with Crippen molar-refractivity contribution in [1.29, 1.82) is 0 Å². The van der Waals surface area contributed by atoms with E-state index >= 15 is 0 Å². The first-order valence-corrected chi connectivity index (χ1v) is 1.79. The number of rotatable bonds is 0. The van der Waals surface area contributed by atoms with Crippen LogP contribution in [-0.2, 0) is 37.4 Å². The smallest absolute Gasteiger partial charge is 0.0414 e. The standard InChI is InChI=1S/C3H5O.CH4O.H2O.Y/c1-3-2-4-3;1-2;;/h3H,1-2H2;2H,1H3;1H2;/q-1;;;. The van der Waals surface area contributed by atoms with Gasteiger partial charge in [-0.15, -0.1) is 0 Å². The summed E-state index contributed by atoms with van der Waals surface area (Å²) in [4.78, 5) is 0. The van der Waals surface area contributed by atoms with Crippen molar-refractivity contribution in [1.82, 2.24) is 0 Å². The molecule has 1 aliphatic heterocycles. The third kappa shape index (κ3) is 15.8. The molecule has 1 heterocycles. The third-order valence-corrected chi connectivity index (χ3v) is 0.402. The normalized spacial score (nSPS) is 20.6. The molecular formula is C4H11O3Y-. The Morgan fingerprint density at radius 1 is 1.62 bits per heavy atom. The summed E-state index contributed by atoms with van der Waals surface area (Å²) in [7, 11) is 1.00. The van der Waals surface area contributed by atoms with Crippen LogP contribution in [0.15, 0.2) is 0 Å². The van der Waals surface area contributed by atoms with Gasteiger partial charge in [0.15, 0.2) is 0 Å². The van der Waals surface area contributed by atoms with E-state index in [-0.39, 0.29) is 38.2 Å². The van der Waals surface area contributed by atoms with Crippen molar-refractivity contribution in [2.24, 2.45) is 0 Å². The van der Waals surface area contributed by atoms with Crippen LogP contribution in [0.4, 0.5) is 0 Å². The molecule has 0 amide bonds. The Kier molecular flexibility index (Phi) is 21.7. The van der Waals surface area contributed by atoms with E-state index in [2.05, 4.69) is 11.7 Å². The molecule has 1 aliphatic rings. The number of aliphatic hydroxyl groups is 1. The molecule has 1 rings (SSSR count).